The molecule has 27 heavy (non-hydrogen) atoms. The number of nitrogens with one attached hydrogen (secondary N) is 1. The first-order chi connectivity index (χ1) is 13.0. The molecule has 1 aliphatic rings. The Bertz CT molecular complexity index is 1140. The number of fused-ring (bicyclic) bond motifs is 2. The molecule has 1 aromatic heterocycles. The molecular weight excluding hydrogens is 354 g/mol. The molecule has 0 radical (unpaired) electrons. The van der Waals surface area contributed by atoms with Gasteiger partial charge < -0.3 is 15.0 Å². The number of aromatic nitrogens is 1. The number of benzene rings is 2. The van der Waals surface area contributed by atoms with Crippen LogP contribution in [0.5, 0.6) is 0 Å². The normalized spacial score (nSPS) is 13.1. The molecule has 3 aromatic rings. The van der Waals surface area contributed by atoms with Crippen molar-refractivity contribution in [2.45, 2.75) is 19.6 Å². The zero-order chi connectivity index (χ0) is 19.1. The summed E-state index contributed by atoms with van der Waals surface area (Å²) in [5, 5.41) is 12.4. The van der Waals surface area contributed by atoms with Crippen LogP contribution >= 0.6 is 0 Å². The van der Waals surface area contributed by atoms with Gasteiger partial charge in [-0.05, 0) is 34.9 Å². The highest BCUT2D eigenvalue weighted by atomic mass is 19.1. The monoisotopic (exact) mass is 370 g/mol. The maximum atomic E-state index is 14.8. The van der Waals surface area contributed by atoms with Crippen molar-refractivity contribution in [2.75, 3.05) is 6.67 Å². The molecule has 0 bridgehead atoms. The van der Waals surface area contributed by atoms with Crippen LogP contribution < -0.4 is 10.7 Å². The second kappa shape index (κ2) is 6.59. The molecule has 0 fully saturated rings. The Labute approximate surface area is 152 Å². The highest BCUT2D eigenvalue weighted by Crippen LogP contribution is 2.30. The van der Waals surface area contributed by atoms with Crippen molar-refractivity contribution in [1.29, 1.82) is 0 Å². The number of carboxylic acid groups (broad SMARTS) is 1. The first-order valence-corrected chi connectivity index (χ1v) is 8.48. The summed E-state index contributed by atoms with van der Waals surface area (Å²) in [6.07, 6.45) is 1.11. The molecule has 2 heterocycles. The average molecular weight is 370 g/mol. The summed E-state index contributed by atoms with van der Waals surface area (Å²) in [6.45, 7) is 0.598. The molecular formula is C20H16F2N2O3. The van der Waals surface area contributed by atoms with E-state index in [-0.39, 0.29) is 17.5 Å². The van der Waals surface area contributed by atoms with Crippen molar-refractivity contribution in [2.24, 2.45) is 0 Å². The highest BCUT2D eigenvalue weighted by Gasteiger charge is 2.18. The van der Waals surface area contributed by atoms with Gasteiger partial charge in [-0.3, -0.25) is 4.79 Å². The zero-order valence-corrected chi connectivity index (χ0v) is 14.3. The van der Waals surface area contributed by atoms with Crippen molar-refractivity contribution in [3.63, 3.8) is 0 Å². The second-order valence-corrected chi connectivity index (χ2v) is 6.50. The molecule has 0 atom stereocenters. The Kier molecular flexibility index (Phi) is 4.24. The van der Waals surface area contributed by atoms with Gasteiger partial charge in [0.1, 0.15) is 18.1 Å². The van der Waals surface area contributed by atoms with Gasteiger partial charge in [-0.1, -0.05) is 12.1 Å². The van der Waals surface area contributed by atoms with Gasteiger partial charge in [-0.25, -0.2) is 13.6 Å². The van der Waals surface area contributed by atoms with E-state index >= 15 is 0 Å². The summed E-state index contributed by atoms with van der Waals surface area (Å²) in [5.74, 6) is -2.05. The third-order valence-electron chi connectivity index (χ3n) is 4.87. The average Bonchev–Trinajstić information content (AvgIpc) is 3.11. The molecule has 0 spiro atoms. The zero-order valence-electron chi connectivity index (χ0n) is 14.3. The number of aryl methyl sites for hydroxylation is 1. The lowest BCUT2D eigenvalue weighted by Crippen LogP contribution is -2.19. The van der Waals surface area contributed by atoms with Gasteiger partial charge >= 0.3 is 5.97 Å². The predicted molar refractivity (Wildman–Crippen MR) is 97.1 cm³/mol. The van der Waals surface area contributed by atoms with Gasteiger partial charge in [0.2, 0.25) is 5.43 Å². The Hall–Kier alpha value is -3.06. The van der Waals surface area contributed by atoms with E-state index in [1.165, 1.54) is 10.6 Å². The fraction of sp³-hybridized carbons (Fsp3) is 0.200. The van der Waals surface area contributed by atoms with Crippen molar-refractivity contribution < 1.29 is 18.7 Å². The first-order valence-electron chi connectivity index (χ1n) is 8.48. The van der Waals surface area contributed by atoms with Gasteiger partial charge in [-0.15, -0.1) is 0 Å². The molecule has 0 saturated carbocycles. The summed E-state index contributed by atoms with van der Waals surface area (Å²) < 4.78 is 29.1. The molecule has 0 saturated heterocycles. The van der Waals surface area contributed by atoms with E-state index in [0.717, 1.165) is 29.9 Å². The molecule has 4 rings (SSSR count). The van der Waals surface area contributed by atoms with Crippen LogP contribution in [0.3, 0.4) is 0 Å². The fourth-order valence-electron chi connectivity index (χ4n) is 3.52. The number of hydrogen-bond acceptors (Lipinski definition) is 3. The lowest BCUT2D eigenvalue weighted by Gasteiger charge is -2.13. The summed E-state index contributed by atoms with van der Waals surface area (Å²) in [6, 6.07) is 8.15. The molecule has 5 nitrogen and oxygen atoms in total. The van der Waals surface area contributed by atoms with Crippen LogP contribution in [0.15, 0.2) is 41.3 Å². The molecule has 138 valence electrons. The Morgan fingerprint density at radius 3 is 2.70 bits per heavy atom. The van der Waals surface area contributed by atoms with Gasteiger partial charge in [0.25, 0.3) is 0 Å². The van der Waals surface area contributed by atoms with Crippen molar-refractivity contribution >= 4 is 16.9 Å². The number of halogens is 2. The third kappa shape index (κ3) is 2.90. The number of carbonyl (C=O) groups is 1. The van der Waals surface area contributed by atoms with Crippen LogP contribution in [0, 0.1) is 5.82 Å². The number of pyridine rings is 1. The summed E-state index contributed by atoms with van der Waals surface area (Å²) >= 11 is 0. The summed E-state index contributed by atoms with van der Waals surface area (Å²) in [4.78, 5) is 23.7. The smallest absolute Gasteiger partial charge is 0.341 e. The maximum absolute atomic E-state index is 14.8. The first kappa shape index (κ1) is 17.4. The molecule has 0 unspecified atom stereocenters. The molecule has 2 aromatic carbocycles. The van der Waals surface area contributed by atoms with Crippen LogP contribution in [0.25, 0.3) is 22.0 Å². The minimum Gasteiger partial charge on any atom is -0.477 e. The van der Waals surface area contributed by atoms with Crippen LogP contribution in [-0.2, 0) is 19.6 Å². The molecule has 1 aliphatic heterocycles. The van der Waals surface area contributed by atoms with E-state index in [4.69, 9.17) is 0 Å². The number of alkyl halides is 1. The van der Waals surface area contributed by atoms with Gasteiger partial charge in [0, 0.05) is 30.2 Å². The van der Waals surface area contributed by atoms with Gasteiger partial charge in [-0.2, -0.15) is 0 Å². The van der Waals surface area contributed by atoms with Crippen LogP contribution in [0.2, 0.25) is 0 Å². The van der Waals surface area contributed by atoms with Crippen molar-refractivity contribution in [3.8, 4) is 11.1 Å². The largest absolute Gasteiger partial charge is 0.477 e. The Balaban J connectivity index is 1.97. The van der Waals surface area contributed by atoms with E-state index in [1.54, 1.807) is 6.07 Å². The second-order valence-electron chi connectivity index (χ2n) is 6.50. The van der Waals surface area contributed by atoms with E-state index in [1.807, 2.05) is 12.1 Å². The molecule has 0 aliphatic carbocycles. The topological polar surface area (TPSA) is 71.3 Å². The van der Waals surface area contributed by atoms with E-state index in [2.05, 4.69) is 5.32 Å². The number of carboxylic acids is 1. The number of hydrogen-bond donors (Lipinski definition) is 2. The predicted octanol–water partition coefficient (Wildman–Crippen LogP) is 3.08. The summed E-state index contributed by atoms with van der Waals surface area (Å²) in [5.41, 5.74) is 2.18. The van der Waals surface area contributed by atoms with Gasteiger partial charge in [0.05, 0.1) is 12.1 Å². The minimum atomic E-state index is -1.43. The van der Waals surface area contributed by atoms with Crippen LogP contribution in [-0.4, -0.2) is 22.3 Å². The Morgan fingerprint density at radius 2 is 1.96 bits per heavy atom. The van der Waals surface area contributed by atoms with Crippen LogP contribution in [0.4, 0.5) is 8.78 Å². The molecule has 2 N–H and O–H groups in total. The number of nitrogens with zero attached hydrogens (tertiary/aromatic N) is 1. The van der Waals surface area contributed by atoms with E-state index in [9.17, 15) is 23.5 Å². The summed E-state index contributed by atoms with van der Waals surface area (Å²) in [7, 11) is 0. The fourth-order valence-corrected chi connectivity index (χ4v) is 3.52. The van der Waals surface area contributed by atoms with Crippen molar-refractivity contribution in [1.82, 2.24) is 9.88 Å². The number of aromatic carboxylic acids is 1. The Morgan fingerprint density at radius 1 is 1.19 bits per heavy atom. The molecule has 7 heteroatoms. The van der Waals surface area contributed by atoms with E-state index in [0.29, 0.717) is 17.6 Å². The van der Waals surface area contributed by atoms with Crippen LogP contribution in [0.1, 0.15) is 21.5 Å². The lowest BCUT2D eigenvalue weighted by atomic mass is 9.98. The van der Waals surface area contributed by atoms with Gasteiger partial charge in [0.15, 0.2) is 0 Å². The third-order valence-corrected chi connectivity index (χ3v) is 4.87. The molecule has 0 amide bonds. The SMILES string of the molecule is O=C(O)c1cn(CCF)c2cc(-c3ccc4c(c3)CNC4)c(F)cc2c1=O. The quantitative estimate of drug-likeness (QED) is 0.740. The lowest BCUT2D eigenvalue weighted by molar-refractivity contribution is 0.0694. The van der Waals surface area contributed by atoms with E-state index < -0.39 is 29.5 Å². The minimum absolute atomic E-state index is 0.0765. The van der Waals surface area contributed by atoms with Crippen molar-refractivity contribution in [3.05, 3.63) is 69.3 Å². The standard InChI is InChI=1S/C20H16F2N2O3/c21-3-4-24-10-16(20(26)27)19(25)15-6-17(22)14(7-18(15)24)11-1-2-12-8-23-9-13(12)5-11/h1-2,5-7,10,23H,3-4,8-9H2,(H,26,27). The number of rotatable bonds is 4. The maximum Gasteiger partial charge on any atom is 0.341 e. The highest BCUT2D eigenvalue weighted by molar-refractivity contribution is 5.94.